The van der Waals surface area contributed by atoms with Crippen molar-refractivity contribution in [3.8, 4) is 44.6 Å². The van der Waals surface area contributed by atoms with Gasteiger partial charge in [0, 0.05) is 78.4 Å². The van der Waals surface area contributed by atoms with Crippen molar-refractivity contribution >= 4 is 88.0 Å². The minimum absolute atomic E-state index is 0. The van der Waals surface area contributed by atoms with Crippen LogP contribution < -0.4 is 25.0 Å². The summed E-state index contributed by atoms with van der Waals surface area (Å²) in [6.07, 6.45) is 6.83. The fraction of sp³-hybridized carbons (Fsp3) is 0.433. The summed E-state index contributed by atoms with van der Waals surface area (Å²) in [7, 11) is 0. The number of benzene rings is 4. The number of nitrogens with one attached hydrogen (secondary N) is 3. The molecule has 25 heteroatoms. The van der Waals surface area contributed by atoms with Crippen LogP contribution >= 0.6 is 48.6 Å². The van der Waals surface area contributed by atoms with Crippen LogP contribution in [0, 0.1) is 18.7 Å². The number of nitrogens with zero attached hydrogens (tertiary/aromatic N) is 9. The summed E-state index contributed by atoms with van der Waals surface area (Å²) < 4.78 is 37.1. The lowest BCUT2D eigenvalue weighted by molar-refractivity contribution is -0.142. The number of anilines is 1. The quantitative estimate of drug-likeness (QED) is 0.0472. The Morgan fingerprint density at radius 2 is 1.71 bits per heavy atom. The number of aromatic nitrogens is 8. The lowest BCUT2D eigenvalue weighted by Gasteiger charge is -2.31. The second-order valence-corrected chi connectivity index (χ2v) is 23.6. The van der Waals surface area contributed by atoms with Gasteiger partial charge < -0.3 is 50.0 Å². The Balaban J connectivity index is 0.00000268. The van der Waals surface area contributed by atoms with Crippen LogP contribution in [0.4, 0.5) is 10.2 Å². The largest absolute Gasteiger partial charge is 0.486 e. The van der Waals surface area contributed by atoms with Crippen LogP contribution in [0.5, 0.6) is 11.8 Å². The number of amides is 2. The first-order valence-electron chi connectivity index (χ1n) is 28.3. The van der Waals surface area contributed by atoms with Crippen molar-refractivity contribution in [3.63, 3.8) is 0 Å². The third kappa shape index (κ3) is 12.0. The molecule has 2 bridgehead atoms. The molecule has 6 atom stereocenters. The van der Waals surface area contributed by atoms with Gasteiger partial charge in [-0.2, -0.15) is 15.1 Å². The predicted molar refractivity (Wildman–Crippen MR) is 326 cm³/mol. The summed E-state index contributed by atoms with van der Waals surface area (Å²) in [5, 5.41) is 55.6. The van der Waals surface area contributed by atoms with E-state index >= 15 is 4.39 Å². The van der Waals surface area contributed by atoms with Crippen LogP contribution in [-0.2, 0) is 27.5 Å². The van der Waals surface area contributed by atoms with Crippen molar-refractivity contribution in [2.75, 3.05) is 44.4 Å². The van der Waals surface area contributed by atoms with Gasteiger partial charge in [0.1, 0.15) is 47.6 Å². The number of ether oxygens (including phenoxy) is 3. The fourth-order valence-electron chi connectivity index (χ4n) is 12.5. The van der Waals surface area contributed by atoms with Crippen LogP contribution in [0.25, 0.3) is 54.6 Å². The Morgan fingerprint density at radius 1 is 0.941 bits per heavy atom. The third-order valence-corrected chi connectivity index (χ3v) is 17.9. The number of likely N-dealkylation sites (tertiary alicyclic amines) is 1. The standard InChI is InChI=1S/C60H65FN12O8S.3ClH/c1-31(2)54(59(78)72-25-40(76)19-50(72)58(77)65-48(27-74)36-10-12-37(13-11-36)56-49(28-75)63-30-82-56)73-26-47(69-70-73)35-6-4-33(5-7-35)29-80-55-52(51-32(3)45(61)21-46-44(51)23-64-68-46)42(34-8-9-34)20-43-53(55)66-60(81-41-14-16-79-17-15-41)67-57(43)71-24-38-18-39(71)22-62-38;;;/h4-7,10-13,20-21,23,26,30-31,34,38-41,48,50,54,62,74-76H,8-9,14-19,22,24-25,27-29H2,1-3H3,(H,64,68)(H,65,77);3*1H/t38-,39-,40+,48-,50-,54-;;;/m0.../s1. The van der Waals surface area contributed by atoms with Crippen LogP contribution in [0.15, 0.2) is 78.6 Å². The number of piperazine rings is 1. The molecule has 0 spiro atoms. The minimum Gasteiger partial charge on any atom is -0.486 e. The molecule has 85 heavy (non-hydrogen) atoms. The van der Waals surface area contributed by atoms with Crippen LogP contribution in [-0.4, -0.2) is 142 Å². The zero-order chi connectivity index (χ0) is 56.3. The van der Waals surface area contributed by atoms with E-state index in [1.165, 1.54) is 27.0 Å². The lowest BCUT2D eigenvalue weighted by Crippen LogP contribution is -2.50. The fourth-order valence-corrected chi connectivity index (χ4v) is 13.3. The van der Waals surface area contributed by atoms with E-state index in [1.54, 1.807) is 37.0 Å². The van der Waals surface area contributed by atoms with Gasteiger partial charge in [0.05, 0.1) is 72.6 Å². The first-order chi connectivity index (χ1) is 39.9. The number of H-pyrrole nitrogens is 1. The number of carbonyl (C=O) groups is 2. The monoisotopic (exact) mass is 1240 g/mol. The Bertz CT molecular complexity index is 3690. The number of hydrogen-bond donors (Lipinski definition) is 6. The van der Waals surface area contributed by atoms with Crippen molar-refractivity contribution in [2.45, 2.75) is 121 Å². The highest BCUT2D eigenvalue weighted by molar-refractivity contribution is 7.13. The van der Waals surface area contributed by atoms with Crippen LogP contribution in [0.2, 0.25) is 0 Å². The smallest absolute Gasteiger partial charge is 0.319 e. The number of rotatable bonds is 18. The Morgan fingerprint density at radius 3 is 2.40 bits per heavy atom. The lowest BCUT2D eigenvalue weighted by atomic mass is 9.88. The van der Waals surface area contributed by atoms with Crippen LogP contribution in [0.1, 0.15) is 98.3 Å². The molecule has 4 aromatic heterocycles. The number of aromatic amines is 1. The first kappa shape index (κ1) is 61.5. The third-order valence-electron chi connectivity index (χ3n) is 17.0. The van der Waals surface area contributed by atoms with E-state index in [9.17, 15) is 24.9 Å². The SMILES string of the molecule is Cc1c(F)cc2[nH]ncc2c1-c1c(C2CC2)cc2c(N3C[C@@H]4C[C@H]3CN4)nc(OC3CCOCC3)nc2c1OCc1ccc(-c2cn([C@H](C(=O)N3C[C@H](O)C[C@H]3C(=O)N[C@@H](CO)c3ccc(-c4scnc4CO)cc3)C(C)C)nn2)cc1.Cl.Cl.Cl. The maximum Gasteiger partial charge on any atom is 0.319 e. The minimum atomic E-state index is -1.01. The highest BCUT2D eigenvalue weighted by Gasteiger charge is 2.44. The molecule has 1 aliphatic carbocycles. The van der Waals surface area contributed by atoms with E-state index in [4.69, 9.17) is 24.2 Å². The normalized spacial score (nSPS) is 20.1. The van der Waals surface area contributed by atoms with Gasteiger partial charge in [0.15, 0.2) is 5.75 Å². The van der Waals surface area contributed by atoms with Gasteiger partial charge in [0.2, 0.25) is 11.8 Å². The van der Waals surface area contributed by atoms with Crippen molar-refractivity contribution in [3.05, 3.63) is 112 Å². The molecule has 0 unspecified atom stereocenters. The van der Waals surface area contributed by atoms with Gasteiger partial charge in [-0.25, -0.2) is 14.1 Å². The molecule has 5 aliphatic rings. The molecule has 13 rings (SSSR count). The van der Waals surface area contributed by atoms with E-state index in [0.717, 1.165) is 81.6 Å². The molecular weight excluding hydrogens is 1170 g/mol. The molecular formula is C60H68Cl3FN12O8S. The number of aliphatic hydroxyl groups excluding tert-OH is 3. The predicted octanol–water partition coefficient (Wildman–Crippen LogP) is 8.33. The molecule has 20 nitrogen and oxygen atoms in total. The van der Waals surface area contributed by atoms with E-state index in [0.29, 0.717) is 77.0 Å². The maximum atomic E-state index is 16.2. The molecule has 4 aliphatic heterocycles. The molecule has 6 N–H and O–H groups in total. The number of aliphatic hydroxyl groups is 3. The molecule has 8 heterocycles. The van der Waals surface area contributed by atoms with E-state index in [-0.39, 0.29) is 99.2 Å². The molecule has 4 saturated heterocycles. The van der Waals surface area contributed by atoms with Crippen LogP contribution in [0.3, 0.4) is 0 Å². The van der Waals surface area contributed by atoms with Gasteiger partial charge >= 0.3 is 6.01 Å². The molecule has 5 fully saturated rings. The van der Waals surface area contributed by atoms with Crippen molar-refractivity contribution in [2.24, 2.45) is 5.92 Å². The van der Waals surface area contributed by atoms with Gasteiger partial charge in [-0.3, -0.25) is 14.7 Å². The van der Waals surface area contributed by atoms with E-state index in [1.807, 2.05) is 50.2 Å². The Kier molecular flexibility index (Phi) is 18.6. The number of thiazole rings is 1. The number of fused-ring (bicyclic) bond motifs is 4. The summed E-state index contributed by atoms with van der Waals surface area (Å²) in [5.41, 5.74) is 10.0. The van der Waals surface area contributed by atoms with Gasteiger partial charge in [-0.15, -0.1) is 53.7 Å². The van der Waals surface area contributed by atoms with Gasteiger partial charge in [-0.05, 0) is 78.0 Å². The molecule has 450 valence electrons. The summed E-state index contributed by atoms with van der Waals surface area (Å²) in [6.45, 7) is 7.91. The molecule has 8 aromatic rings. The van der Waals surface area contributed by atoms with E-state index in [2.05, 4.69) is 47.1 Å². The topological polar surface area (TPSA) is 251 Å². The van der Waals surface area contributed by atoms with Gasteiger partial charge in [0.25, 0.3) is 0 Å². The number of hydrogen-bond acceptors (Lipinski definition) is 17. The second-order valence-electron chi connectivity index (χ2n) is 22.7. The summed E-state index contributed by atoms with van der Waals surface area (Å²) >= 11 is 1.41. The highest BCUT2D eigenvalue weighted by atomic mass is 35.5. The first-order valence-corrected chi connectivity index (χ1v) is 29.2. The highest BCUT2D eigenvalue weighted by Crippen LogP contribution is 2.54. The number of halogens is 4. The average Bonchev–Trinajstić information content (AvgIpc) is 3.70. The molecule has 1 saturated carbocycles. The number of β-amino-alcohol motifs (C(OH)–C–C–N with tert-alkyl or cyclic N) is 1. The van der Waals surface area contributed by atoms with Crippen molar-refractivity contribution < 1.29 is 43.5 Å². The summed E-state index contributed by atoms with van der Waals surface area (Å²) in [4.78, 5) is 47.9. The number of carbonyl (C=O) groups excluding carboxylic acids is 2. The summed E-state index contributed by atoms with van der Waals surface area (Å²) in [5.74, 6) is 0.00140. The van der Waals surface area contributed by atoms with E-state index < -0.39 is 42.7 Å². The Labute approximate surface area is 512 Å². The van der Waals surface area contributed by atoms with Crippen molar-refractivity contribution in [1.29, 1.82) is 0 Å². The molecule has 0 radical (unpaired) electrons. The second kappa shape index (κ2) is 25.8. The zero-order valence-electron chi connectivity index (χ0n) is 47.0. The summed E-state index contributed by atoms with van der Waals surface area (Å²) in [6, 6.07) is 17.0. The average molecular weight is 1240 g/mol. The maximum absolute atomic E-state index is 16.2. The zero-order valence-corrected chi connectivity index (χ0v) is 50.3. The molecule has 4 aromatic carbocycles. The van der Waals surface area contributed by atoms with Crippen molar-refractivity contribution in [1.82, 2.24) is 55.7 Å². The van der Waals surface area contributed by atoms with Gasteiger partial charge in [-0.1, -0.05) is 67.6 Å². The molecule has 2 amide bonds. The Hall–Kier alpha value is -6.60.